The third-order valence-corrected chi connectivity index (χ3v) is 1.49. The molecule has 0 aliphatic heterocycles. The number of carboxylic acid groups (broad SMARTS) is 1. The summed E-state index contributed by atoms with van der Waals surface area (Å²) in [4.78, 5) is 10.3. The molecule has 1 aromatic carbocycles. The number of carboxylic acids is 1. The minimum absolute atomic E-state index is 0. The molecular formula is C10H14O3. The number of carbonyl (C=O) groups is 1. The van der Waals surface area contributed by atoms with Gasteiger partial charge in [-0.05, 0) is 17.7 Å². The van der Waals surface area contributed by atoms with Gasteiger partial charge in [0.25, 0.3) is 0 Å². The van der Waals surface area contributed by atoms with Crippen LogP contribution in [-0.2, 0) is 11.2 Å². The molecule has 0 aromatic heterocycles. The third kappa shape index (κ3) is 3.60. The summed E-state index contributed by atoms with van der Waals surface area (Å²) < 4.78 is 4.94. The molecule has 3 nitrogen and oxygen atoms in total. The fraction of sp³-hybridized carbons (Fsp3) is 0.300. The lowest BCUT2D eigenvalue weighted by Gasteiger charge is -2.00. The maximum Gasteiger partial charge on any atom is 0.307 e. The van der Waals surface area contributed by atoms with Gasteiger partial charge in [0, 0.05) is 0 Å². The first-order valence-corrected chi connectivity index (χ1v) is 3.57. The first-order chi connectivity index (χ1) is 5.72. The zero-order valence-corrected chi connectivity index (χ0v) is 6.78. The predicted molar refractivity (Wildman–Crippen MR) is 51.1 cm³/mol. The average Bonchev–Trinajstić information content (AvgIpc) is 2.03. The molecule has 0 heterocycles. The van der Waals surface area contributed by atoms with Gasteiger partial charge < -0.3 is 9.84 Å². The molecule has 0 amide bonds. The molecule has 0 fully saturated rings. The number of methoxy groups -OCH3 is 1. The number of rotatable bonds is 3. The highest BCUT2D eigenvalue weighted by Gasteiger charge is 2.00. The Morgan fingerprint density at radius 1 is 1.54 bits per heavy atom. The largest absolute Gasteiger partial charge is 0.497 e. The van der Waals surface area contributed by atoms with Gasteiger partial charge in [0.15, 0.2) is 0 Å². The molecule has 72 valence electrons. The van der Waals surface area contributed by atoms with E-state index in [1.165, 1.54) is 0 Å². The van der Waals surface area contributed by atoms with E-state index in [1.54, 1.807) is 31.4 Å². The van der Waals surface area contributed by atoms with Gasteiger partial charge in [-0.3, -0.25) is 4.79 Å². The van der Waals surface area contributed by atoms with Crippen molar-refractivity contribution in [1.82, 2.24) is 0 Å². The highest BCUT2D eigenvalue weighted by molar-refractivity contribution is 5.70. The van der Waals surface area contributed by atoms with Crippen LogP contribution in [0.5, 0.6) is 5.75 Å². The van der Waals surface area contributed by atoms with Crippen LogP contribution >= 0.6 is 0 Å². The van der Waals surface area contributed by atoms with E-state index >= 15 is 0 Å². The Morgan fingerprint density at radius 3 is 2.77 bits per heavy atom. The number of ether oxygens (including phenoxy) is 1. The Kier molecular flexibility index (Phi) is 4.59. The molecule has 1 aromatic rings. The second kappa shape index (κ2) is 5.19. The fourth-order valence-corrected chi connectivity index (χ4v) is 0.957. The van der Waals surface area contributed by atoms with E-state index in [1.807, 2.05) is 0 Å². The highest BCUT2D eigenvalue weighted by atomic mass is 16.5. The number of aliphatic carboxylic acids is 1. The zero-order chi connectivity index (χ0) is 8.97. The number of hydrogen-bond acceptors (Lipinski definition) is 2. The van der Waals surface area contributed by atoms with E-state index in [0.717, 1.165) is 5.56 Å². The van der Waals surface area contributed by atoms with Crippen molar-refractivity contribution >= 4 is 5.97 Å². The van der Waals surface area contributed by atoms with E-state index in [9.17, 15) is 4.79 Å². The molecular weight excluding hydrogens is 168 g/mol. The SMILES string of the molecule is C.COc1cccc(CC(=O)O)c1. The monoisotopic (exact) mass is 182 g/mol. The first-order valence-electron chi connectivity index (χ1n) is 3.57. The Hall–Kier alpha value is -1.51. The molecule has 0 aliphatic rings. The maximum atomic E-state index is 10.3. The summed E-state index contributed by atoms with van der Waals surface area (Å²) in [5, 5.41) is 8.49. The predicted octanol–water partition coefficient (Wildman–Crippen LogP) is 1.96. The molecule has 3 heteroatoms. The standard InChI is InChI=1S/C9H10O3.CH4/c1-12-8-4-2-3-7(5-8)6-9(10)11;/h2-5H,6H2,1H3,(H,10,11);1H4. The number of hydrogen-bond donors (Lipinski definition) is 1. The van der Waals surface area contributed by atoms with Crippen molar-refractivity contribution in [3.05, 3.63) is 29.8 Å². The van der Waals surface area contributed by atoms with Crippen LogP contribution in [0.2, 0.25) is 0 Å². The molecule has 0 saturated carbocycles. The number of benzene rings is 1. The smallest absolute Gasteiger partial charge is 0.307 e. The lowest BCUT2D eigenvalue weighted by molar-refractivity contribution is -0.136. The average molecular weight is 182 g/mol. The van der Waals surface area contributed by atoms with Gasteiger partial charge in [0.05, 0.1) is 13.5 Å². The summed E-state index contributed by atoms with van der Waals surface area (Å²) in [6, 6.07) is 7.03. The second-order valence-electron chi connectivity index (χ2n) is 2.42. The van der Waals surface area contributed by atoms with Crippen LogP contribution < -0.4 is 4.74 Å². The van der Waals surface area contributed by atoms with Crippen LogP contribution in [0.1, 0.15) is 13.0 Å². The van der Waals surface area contributed by atoms with E-state index < -0.39 is 5.97 Å². The molecule has 1 rings (SSSR count). The molecule has 0 bridgehead atoms. The Morgan fingerprint density at radius 2 is 2.23 bits per heavy atom. The highest BCUT2D eigenvalue weighted by Crippen LogP contribution is 2.12. The van der Waals surface area contributed by atoms with Gasteiger partial charge in [-0.25, -0.2) is 0 Å². The second-order valence-corrected chi connectivity index (χ2v) is 2.42. The van der Waals surface area contributed by atoms with Crippen LogP contribution in [0.3, 0.4) is 0 Å². The van der Waals surface area contributed by atoms with E-state index in [4.69, 9.17) is 9.84 Å². The molecule has 0 radical (unpaired) electrons. The van der Waals surface area contributed by atoms with Crippen LogP contribution in [0.4, 0.5) is 0 Å². The maximum absolute atomic E-state index is 10.3. The van der Waals surface area contributed by atoms with Crippen molar-refractivity contribution in [1.29, 1.82) is 0 Å². The third-order valence-electron chi connectivity index (χ3n) is 1.49. The summed E-state index contributed by atoms with van der Waals surface area (Å²) in [5.74, 6) is -0.142. The summed E-state index contributed by atoms with van der Waals surface area (Å²) in [7, 11) is 1.56. The van der Waals surface area contributed by atoms with Crippen LogP contribution in [-0.4, -0.2) is 18.2 Å². The molecule has 0 atom stereocenters. The van der Waals surface area contributed by atoms with Crippen LogP contribution in [0.15, 0.2) is 24.3 Å². The van der Waals surface area contributed by atoms with Crippen molar-refractivity contribution in [3.8, 4) is 5.75 Å². The normalized spacial score (nSPS) is 8.69. The topological polar surface area (TPSA) is 46.5 Å². The molecule has 0 spiro atoms. The van der Waals surface area contributed by atoms with Gasteiger partial charge in [0.2, 0.25) is 0 Å². The minimum atomic E-state index is -0.830. The summed E-state index contributed by atoms with van der Waals surface area (Å²) in [6.07, 6.45) is 0.0389. The van der Waals surface area contributed by atoms with E-state index in [-0.39, 0.29) is 13.8 Å². The van der Waals surface area contributed by atoms with Gasteiger partial charge in [0.1, 0.15) is 5.75 Å². The minimum Gasteiger partial charge on any atom is -0.497 e. The quantitative estimate of drug-likeness (QED) is 0.777. The van der Waals surface area contributed by atoms with Gasteiger partial charge in [-0.15, -0.1) is 0 Å². The van der Waals surface area contributed by atoms with E-state index in [0.29, 0.717) is 5.75 Å². The van der Waals surface area contributed by atoms with E-state index in [2.05, 4.69) is 0 Å². The van der Waals surface area contributed by atoms with Crippen molar-refractivity contribution in [2.24, 2.45) is 0 Å². The van der Waals surface area contributed by atoms with Crippen molar-refractivity contribution in [2.75, 3.05) is 7.11 Å². The van der Waals surface area contributed by atoms with Crippen molar-refractivity contribution in [2.45, 2.75) is 13.8 Å². The summed E-state index contributed by atoms with van der Waals surface area (Å²) in [6.45, 7) is 0. The van der Waals surface area contributed by atoms with Gasteiger partial charge in [-0.1, -0.05) is 19.6 Å². The van der Waals surface area contributed by atoms with Crippen molar-refractivity contribution < 1.29 is 14.6 Å². The van der Waals surface area contributed by atoms with Crippen LogP contribution in [0, 0.1) is 0 Å². The van der Waals surface area contributed by atoms with Crippen LogP contribution in [0.25, 0.3) is 0 Å². The molecule has 13 heavy (non-hydrogen) atoms. The van der Waals surface area contributed by atoms with Gasteiger partial charge >= 0.3 is 5.97 Å². The lowest BCUT2D eigenvalue weighted by Crippen LogP contribution is -1.99. The fourth-order valence-electron chi connectivity index (χ4n) is 0.957. The Balaban J connectivity index is 0.00000144. The first kappa shape index (κ1) is 11.5. The molecule has 1 N–H and O–H groups in total. The Labute approximate surface area is 78.0 Å². The summed E-state index contributed by atoms with van der Waals surface area (Å²) >= 11 is 0. The molecule has 0 aliphatic carbocycles. The molecule has 0 unspecified atom stereocenters. The summed E-state index contributed by atoms with van der Waals surface area (Å²) in [5.41, 5.74) is 0.752. The van der Waals surface area contributed by atoms with Gasteiger partial charge in [-0.2, -0.15) is 0 Å². The molecule has 0 saturated heterocycles. The Bertz CT molecular complexity index is 281. The lowest BCUT2D eigenvalue weighted by atomic mass is 10.1. The van der Waals surface area contributed by atoms with Crippen molar-refractivity contribution in [3.63, 3.8) is 0 Å². The zero-order valence-electron chi connectivity index (χ0n) is 6.78.